The van der Waals surface area contributed by atoms with Gasteiger partial charge in [-0.05, 0) is 59.6 Å². The van der Waals surface area contributed by atoms with E-state index in [4.69, 9.17) is 12.2 Å². The third-order valence-electron chi connectivity index (χ3n) is 4.10. The molecule has 134 valence electrons. The van der Waals surface area contributed by atoms with Crippen LogP contribution in [-0.4, -0.2) is 15.5 Å². The van der Waals surface area contributed by atoms with Gasteiger partial charge in [0.1, 0.15) is 11.5 Å². The summed E-state index contributed by atoms with van der Waals surface area (Å²) < 4.78 is 15.1. The molecule has 0 spiro atoms. The number of aromatic amines is 1. The Morgan fingerprint density at radius 2 is 1.69 bits per heavy atom. The average Bonchev–Trinajstić information content (AvgIpc) is 2.97. The van der Waals surface area contributed by atoms with Gasteiger partial charge in [-0.2, -0.15) is 0 Å². The first kappa shape index (κ1) is 18.1. The molecule has 0 radical (unpaired) electrons. The van der Waals surface area contributed by atoms with Crippen molar-refractivity contribution in [2.45, 2.75) is 26.2 Å². The number of nitrogens with zero attached hydrogens (tertiary/aromatic N) is 1. The van der Waals surface area contributed by atoms with Crippen molar-refractivity contribution < 1.29 is 9.18 Å². The SMILES string of the molecule is CC(C)(C)c1ccc(NC(=O)c2c[nH]c(=S)n2-c2ccc(F)cc2)cc1. The highest BCUT2D eigenvalue weighted by atomic mass is 32.1. The number of hydrogen-bond donors (Lipinski definition) is 2. The van der Waals surface area contributed by atoms with Crippen molar-refractivity contribution in [2.75, 3.05) is 5.32 Å². The summed E-state index contributed by atoms with van der Waals surface area (Å²) in [6.07, 6.45) is 1.55. The predicted octanol–water partition coefficient (Wildman–Crippen LogP) is 5.22. The summed E-state index contributed by atoms with van der Waals surface area (Å²) >= 11 is 5.26. The van der Waals surface area contributed by atoms with Gasteiger partial charge < -0.3 is 10.3 Å². The van der Waals surface area contributed by atoms with Crippen LogP contribution in [0.5, 0.6) is 0 Å². The fourth-order valence-electron chi connectivity index (χ4n) is 2.63. The van der Waals surface area contributed by atoms with Gasteiger partial charge in [-0.1, -0.05) is 32.9 Å². The minimum atomic E-state index is -0.347. The summed E-state index contributed by atoms with van der Waals surface area (Å²) in [5, 5.41) is 2.87. The van der Waals surface area contributed by atoms with Crippen LogP contribution in [0.25, 0.3) is 5.69 Å². The number of aromatic nitrogens is 2. The van der Waals surface area contributed by atoms with E-state index in [0.717, 1.165) is 0 Å². The lowest BCUT2D eigenvalue weighted by atomic mass is 9.87. The Balaban J connectivity index is 1.87. The highest BCUT2D eigenvalue weighted by Gasteiger charge is 2.16. The van der Waals surface area contributed by atoms with Crippen molar-refractivity contribution >= 4 is 23.8 Å². The number of carbonyl (C=O) groups excluding carboxylic acids is 1. The number of imidazole rings is 1. The molecule has 0 saturated heterocycles. The molecule has 1 aromatic heterocycles. The third kappa shape index (κ3) is 3.75. The number of carbonyl (C=O) groups is 1. The van der Waals surface area contributed by atoms with Gasteiger partial charge in [-0.3, -0.25) is 9.36 Å². The molecule has 4 nitrogen and oxygen atoms in total. The Morgan fingerprint density at radius 3 is 2.27 bits per heavy atom. The Hall–Kier alpha value is -2.73. The molecule has 0 aliphatic heterocycles. The van der Waals surface area contributed by atoms with Crippen LogP contribution in [0.15, 0.2) is 54.7 Å². The molecule has 2 aromatic carbocycles. The van der Waals surface area contributed by atoms with Gasteiger partial charge >= 0.3 is 0 Å². The monoisotopic (exact) mass is 369 g/mol. The molecule has 0 aliphatic carbocycles. The van der Waals surface area contributed by atoms with Crippen molar-refractivity contribution in [3.8, 4) is 5.69 Å². The molecule has 0 unspecified atom stereocenters. The maximum Gasteiger partial charge on any atom is 0.274 e. The minimum absolute atomic E-state index is 0.0476. The number of rotatable bonds is 3. The van der Waals surface area contributed by atoms with Crippen LogP contribution in [0, 0.1) is 10.6 Å². The fourth-order valence-corrected chi connectivity index (χ4v) is 2.89. The van der Waals surface area contributed by atoms with Gasteiger partial charge in [0.05, 0.1) is 0 Å². The quantitative estimate of drug-likeness (QED) is 0.622. The first-order valence-electron chi connectivity index (χ1n) is 8.24. The van der Waals surface area contributed by atoms with E-state index in [1.807, 2.05) is 24.3 Å². The lowest BCUT2D eigenvalue weighted by molar-refractivity contribution is 0.102. The van der Waals surface area contributed by atoms with Crippen molar-refractivity contribution in [3.63, 3.8) is 0 Å². The second-order valence-electron chi connectivity index (χ2n) is 7.07. The van der Waals surface area contributed by atoms with Gasteiger partial charge in [-0.25, -0.2) is 4.39 Å². The fraction of sp³-hybridized carbons (Fsp3) is 0.200. The lowest BCUT2D eigenvalue weighted by Crippen LogP contribution is -2.17. The van der Waals surface area contributed by atoms with Crippen LogP contribution in [0.3, 0.4) is 0 Å². The summed E-state index contributed by atoms with van der Waals surface area (Å²) in [5.41, 5.74) is 2.89. The molecular formula is C20H20FN3OS. The molecule has 0 aliphatic rings. The molecule has 0 bridgehead atoms. The van der Waals surface area contributed by atoms with Crippen molar-refractivity contribution in [2.24, 2.45) is 0 Å². The van der Waals surface area contributed by atoms with E-state index < -0.39 is 0 Å². The third-order valence-corrected chi connectivity index (χ3v) is 4.40. The van der Waals surface area contributed by atoms with Crippen molar-refractivity contribution in [1.29, 1.82) is 0 Å². The van der Waals surface area contributed by atoms with E-state index in [9.17, 15) is 9.18 Å². The molecule has 6 heteroatoms. The van der Waals surface area contributed by atoms with Gasteiger partial charge in [0.15, 0.2) is 4.77 Å². The zero-order chi connectivity index (χ0) is 18.9. The van der Waals surface area contributed by atoms with E-state index >= 15 is 0 Å². The maximum absolute atomic E-state index is 13.2. The van der Waals surface area contributed by atoms with Crippen molar-refractivity contribution in [3.05, 3.63) is 76.6 Å². The number of hydrogen-bond acceptors (Lipinski definition) is 2. The maximum atomic E-state index is 13.2. The van der Waals surface area contributed by atoms with Crippen LogP contribution in [0.1, 0.15) is 36.8 Å². The molecule has 0 atom stereocenters. The smallest absolute Gasteiger partial charge is 0.274 e. The number of halogens is 1. The molecule has 2 N–H and O–H groups in total. The first-order chi connectivity index (χ1) is 12.3. The normalized spacial score (nSPS) is 11.4. The molecule has 0 fully saturated rings. The molecule has 26 heavy (non-hydrogen) atoms. The molecule has 1 heterocycles. The first-order valence-corrected chi connectivity index (χ1v) is 8.65. The Kier molecular flexibility index (Phi) is 4.78. The number of benzene rings is 2. The molecule has 3 aromatic rings. The largest absolute Gasteiger partial charge is 0.336 e. The zero-order valence-corrected chi connectivity index (χ0v) is 15.7. The molecular weight excluding hydrogens is 349 g/mol. The second-order valence-corrected chi connectivity index (χ2v) is 7.46. The summed E-state index contributed by atoms with van der Waals surface area (Å²) in [6.45, 7) is 6.41. The van der Waals surface area contributed by atoms with Crippen molar-refractivity contribution in [1.82, 2.24) is 9.55 Å². The van der Waals surface area contributed by atoms with Crippen LogP contribution in [0.2, 0.25) is 0 Å². The molecule has 1 amide bonds. The van der Waals surface area contributed by atoms with Crippen LogP contribution >= 0.6 is 12.2 Å². The summed E-state index contributed by atoms with van der Waals surface area (Å²) in [5.74, 6) is -0.647. The zero-order valence-electron chi connectivity index (χ0n) is 14.8. The van der Waals surface area contributed by atoms with Crippen LogP contribution in [-0.2, 0) is 5.41 Å². The Morgan fingerprint density at radius 1 is 1.08 bits per heavy atom. The topological polar surface area (TPSA) is 49.8 Å². The highest BCUT2D eigenvalue weighted by molar-refractivity contribution is 7.71. The number of amides is 1. The summed E-state index contributed by atoms with van der Waals surface area (Å²) in [7, 11) is 0. The highest BCUT2D eigenvalue weighted by Crippen LogP contribution is 2.24. The average molecular weight is 369 g/mol. The van der Waals surface area contributed by atoms with Gasteiger partial charge in [-0.15, -0.1) is 0 Å². The Bertz CT molecular complexity index is 980. The Labute approximate surface area is 156 Å². The lowest BCUT2D eigenvalue weighted by Gasteiger charge is -2.19. The number of H-pyrrole nitrogens is 1. The predicted molar refractivity (Wildman–Crippen MR) is 104 cm³/mol. The van der Waals surface area contributed by atoms with E-state index in [-0.39, 0.29) is 17.1 Å². The van der Waals surface area contributed by atoms with E-state index in [2.05, 4.69) is 31.1 Å². The van der Waals surface area contributed by atoms with Crippen LogP contribution in [0.4, 0.5) is 10.1 Å². The van der Waals surface area contributed by atoms with Gasteiger partial charge in [0.2, 0.25) is 0 Å². The van der Waals surface area contributed by atoms with Crippen LogP contribution < -0.4 is 5.32 Å². The second kappa shape index (κ2) is 6.88. The summed E-state index contributed by atoms with van der Waals surface area (Å²) in [4.78, 5) is 15.6. The number of anilines is 1. The number of nitrogens with one attached hydrogen (secondary N) is 2. The molecule has 3 rings (SSSR count). The standard InChI is InChI=1S/C20H20FN3OS/c1-20(2,3)13-4-8-15(9-5-13)23-18(25)17-12-22-19(26)24(17)16-10-6-14(21)7-11-16/h4-12H,1-3H3,(H,22,26)(H,23,25). The minimum Gasteiger partial charge on any atom is -0.336 e. The van der Waals surface area contributed by atoms with E-state index in [1.54, 1.807) is 22.9 Å². The van der Waals surface area contributed by atoms with Gasteiger partial charge in [0, 0.05) is 17.6 Å². The van der Waals surface area contributed by atoms with E-state index in [0.29, 0.717) is 21.8 Å². The summed E-state index contributed by atoms with van der Waals surface area (Å²) in [6, 6.07) is 13.6. The van der Waals surface area contributed by atoms with E-state index in [1.165, 1.54) is 17.7 Å². The van der Waals surface area contributed by atoms with Gasteiger partial charge in [0.25, 0.3) is 5.91 Å². The molecule has 0 saturated carbocycles.